The summed E-state index contributed by atoms with van der Waals surface area (Å²) in [7, 11) is 0. The van der Waals surface area contributed by atoms with Gasteiger partial charge in [-0.05, 0) is 45.0 Å². The van der Waals surface area contributed by atoms with Gasteiger partial charge in [-0.3, -0.25) is 0 Å². The van der Waals surface area contributed by atoms with Crippen LogP contribution in [0.5, 0.6) is 0 Å². The molecule has 0 saturated heterocycles. The molecule has 0 aromatic heterocycles. The molecule has 0 N–H and O–H groups in total. The van der Waals surface area contributed by atoms with Crippen molar-refractivity contribution >= 4 is 39.5 Å². The van der Waals surface area contributed by atoms with Gasteiger partial charge in [-0.2, -0.15) is 0 Å². The van der Waals surface area contributed by atoms with E-state index in [0.29, 0.717) is 10.7 Å². The molecular formula is C11H13BrClNO2. The number of carbonyl (C=O) groups is 1. The largest absolute Gasteiger partial charge is 0.443 e. The number of hydrogen-bond donors (Lipinski definition) is 0. The summed E-state index contributed by atoms with van der Waals surface area (Å²) < 4.78 is 6.45. The summed E-state index contributed by atoms with van der Waals surface area (Å²) in [6.45, 7) is 5.44. The van der Waals surface area contributed by atoms with Crippen LogP contribution in [0.1, 0.15) is 20.8 Å². The first kappa shape index (κ1) is 13.3. The highest BCUT2D eigenvalue weighted by atomic mass is 79.9. The summed E-state index contributed by atoms with van der Waals surface area (Å²) >= 11 is 8.90. The monoisotopic (exact) mass is 305 g/mol. The average Bonchev–Trinajstić information content (AvgIpc) is 2.15. The molecule has 0 heterocycles. The lowest BCUT2D eigenvalue weighted by molar-refractivity contribution is 0.0614. The van der Waals surface area contributed by atoms with Crippen LogP contribution in [0, 0.1) is 0 Å². The molecule has 16 heavy (non-hydrogen) atoms. The van der Waals surface area contributed by atoms with Crippen molar-refractivity contribution in [3.05, 3.63) is 29.3 Å². The van der Waals surface area contributed by atoms with Gasteiger partial charge in [-0.15, -0.1) is 0 Å². The summed E-state index contributed by atoms with van der Waals surface area (Å²) in [6.07, 6.45) is -0.463. The van der Waals surface area contributed by atoms with Gasteiger partial charge in [0.05, 0.1) is 21.8 Å². The van der Waals surface area contributed by atoms with Crippen molar-refractivity contribution in [3.8, 4) is 0 Å². The maximum atomic E-state index is 11.7. The van der Waals surface area contributed by atoms with Crippen LogP contribution in [0.25, 0.3) is 0 Å². The molecule has 1 amide bonds. The summed E-state index contributed by atoms with van der Waals surface area (Å²) in [5.41, 5.74) is 0.147. The zero-order chi connectivity index (χ0) is 12.3. The molecular weight excluding hydrogens is 293 g/mol. The Bertz CT molecular complexity index is 373. The number of carbonyl (C=O) groups excluding carboxylic acids is 1. The summed E-state index contributed by atoms with van der Waals surface area (Å²) in [6, 6.07) is 6.85. The molecule has 0 saturated carbocycles. The van der Waals surface area contributed by atoms with Crippen molar-refractivity contribution in [2.75, 3.05) is 3.93 Å². The number of hydrogen-bond acceptors (Lipinski definition) is 2. The van der Waals surface area contributed by atoms with Crippen molar-refractivity contribution < 1.29 is 9.53 Å². The lowest BCUT2D eigenvalue weighted by Crippen LogP contribution is -2.30. The minimum Gasteiger partial charge on any atom is -0.443 e. The van der Waals surface area contributed by atoms with Crippen LogP contribution in [-0.4, -0.2) is 11.7 Å². The van der Waals surface area contributed by atoms with Gasteiger partial charge in [0.2, 0.25) is 0 Å². The topological polar surface area (TPSA) is 29.5 Å². The molecule has 0 aliphatic carbocycles. The third-order valence-corrected chi connectivity index (χ3v) is 2.56. The number of anilines is 1. The van der Waals surface area contributed by atoms with Gasteiger partial charge in [-0.1, -0.05) is 11.6 Å². The third kappa shape index (κ3) is 4.02. The minimum atomic E-state index is -0.518. The van der Waals surface area contributed by atoms with Gasteiger partial charge in [0, 0.05) is 5.02 Å². The molecule has 1 rings (SSSR count). The van der Waals surface area contributed by atoms with Crippen LogP contribution >= 0.6 is 27.7 Å². The van der Waals surface area contributed by atoms with E-state index in [1.54, 1.807) is 24.3 Å². The second kappa shape index (κ2) is 5.06. The molecule has 0 fully saturated rings. The standard InChI is InChI=1S/C11H13BrClNO2/c1-11(2,3)16-10(15)14(12)9-6-4-8(13)5-7-9/h4-7H,1-3H3. The molecule has 0 radical (unpaired) electrons. The Hall–Kier alpha value is -0.740. The van der Waals surface area contributed by atoms with E-state index in [4.69, 9.17) is 16.3 Å². The Morgan fingerprint density at radius 3 is 2.25 bits per heavy atom. The van der Waals surface area contributed by atoms with Gasteiger partial charge in [0.1, 0.15) is 5.60 Å². The third-order valence-electron chi connectivity index (χ3n) is 1.61. The quantitative estimate of drug-likeness (QED) is 0.720. The molecule has 3 nitrogen and oxygen atoms in total. The molecule has 0 aliphatic rings. The number of halogens is 2. The van der Waals surface area contributed by atoms with Crippen molar-refractivity contribution in [2.45, 2.75) is 26.4 Å². The fourth-order valence-corrected chi connectivity index (χ4v) is 1.41. The number of nitrogens with zero attached hydrogens (tertiary/aromatic N) is 1. The predicted octanol–water partition coefficient (Wildman–Crippen LogP) is 4.39. The highest BCUT2D eigenvalue weighted by Gasteiger charge is 2.21. The van der Waals surface area contributed by atoms with Gasteiger partial charge < -0.3 is 4.74 Å². The SMILES string of the molecule is CC(C)(C)OC(=O)N(Br)c1ccc(Cl)cc1. The van der Waals surface area contributed by atoms with Gasteiger partial charge in [0.15, 0.2) is 0 Å². The maximum Gasteiger partial charge on any atom is 0.425 e. The number of ether oxygens (including phenoxy) is 1. The van der Waals surface area contributed by atoms with Crippen molar-refractivity contribution in [2.24, 2.45) is 0 Å². The van der Waals surface area contributed by atoms with Crippen LogP contribution in [0.2, 0.25) is 5.02 Å². The first-order valence-corrected chi connectivity index (χ1v) is 5.83. The first-order chi connectivity index (χ1) is 7.29. The molecule has 0 spiro atoms. The van der Waals surface area contributed by atoms with Gasteiger partial charge in [-0.25, -0.2) is 8.72 Å². The van der Waals surface area contributed by atoms with E-state index in [1.807, 2.05) is 20.8 Å². The van der Waals surface area contributed by atoms with E-state index >= 15 is 0 Å². The minimum absolute atomic E-state index is 0.463. The van der Waals surface area contributed by atoms with Crippen molar-refractivity contribution in [1.29, 1.82) is 0 Å². The second-order valence-electron chi connectivity index (χ2n) is 4.24. The van der Waals surface area contributed by atoms with Crippen molar-refractivity contribution in [3.63, 3.8) is 0 Å². The highest BCUT2D eigenvalue weighted by molar-refractivity contribution is 9.10. The van der Waals surface area contributed by atoms with Crippen LogP contribution in [0.3, 0.4) is 0 Å². The normalized spacial score (nSPS) is 11.1. The van der Waals surface area contributed by atoms with E-state index in [-0.39, 0.29) is 0 Å². The van der Waals surface area contributed by atoms with E-state index in [0.717, 1.165) is 0 Å². The Kier molecular flexibility index (Phi) is 4.21. The Morgan fingerprint density at radius 2 is 1.81 bits per heavy atom. The fourth-order valence-electron chi connectivity index (χ4n) is 0.979. The van der Waals surface area contributed by atoms with Crippen LogP contribution in [0.4, 0.5) is 10.5 Å². The Morgan fingerprint density at radius 1 is 1.31 bits per heavy atom. The summed E-state index contributed by atoms with van der Waals surface area (Å²) in [5.74, 6) is 0. The van der Waals surface area contributed by atoms with E-state index in [9.17, 15) is 4.79 Å². The smallest absolute Gasteiger partial charge is 0.425 e. The Labute approximate surface area is 109 Å². The molecule has 0 aliphatic heterocycles. The fraction of sp³-hybridized carbons (Fsp3) is 0.364. The van der Waals surface area contributed by atoms with Gasteiger partial charge >= 0.3 is 6.09 Å². The Balaban J connectivity index is 2.74. The maximum absolute atomic E-state index is 11.7. The van der Waals surface area contributed by atoms with E-state index < -0.39 is 11.7 Å². The summed E-state index contributed by atoms with van der Waals surface area (Å²) in [4.78, 5) is 11.7. The number of rotatable bonds is 1. The van der Waals surface area contributed by atoms with E-state index in [2.05, 4.69) is 16.1 Å². The molecule has 0 unspecified atom stereocenters. The molecule has 1 aromatic rings. The van der Waals surface area contributed by atoms with Gasteiger partial charge in [0.25, 0.3) is 0 Å². The van der Waals surface area contributed by atoms with E-state index in [1.165, 1.54) is 3.93 Å². The number of benzene rings is 1. The zero-order valence-electron chi connectivity index (χ0n) is 9.33. The highest BCUT2D eigenvalue weighted by Crippen LogP contribution is 2.23. The van der Waals surface area contributed by atoms with Crippen molar-refractivity contribution in [1.82, 2.24) is 0 Å². The molecule has 0 bridgehead atoms. The molecule has 5 heteroatoms. The zero-order valence-corrected chi connectivity index (χ0v) is 11.7. The molecule has 88 valence electrons. The molecule has 0 atom stereocenters. The molecule has 1 aromatic carbocycles. The first-order valence-electron chi connectivity index (χ1n) is 4.74. The average molecular weight is 307 g/mol. The summed E-state index contributed by atoms with van der Waals surface area (Å²) in [5, 5.41) is 0.619. The second-order valence-corrected chi connectivity index (χ2v) is 5.38. The van der Waals surface area contributed by atoms with Crippen LogP contribution < -0.4 is 3.93 Å². The predicted molar refractivity (Wildman–Crippen MR) is 69.1 cm³/mol. The number of amides is 1. The lowest BCUT2D eigenvalue weighted by atomic mass is 10.2. The van der Waals surface area contributed by atoms with Crippen LogP contribution in [-0.2, 0) is 4.74 Å². The van der Waals surface area contributed by atoms with Crippen LogP contribution in [0.15, 0.2) is 24.3 Å². The lowest BCUT2D eigenvalue weighted by Gasteiger charge is -2.23.